The second kappa shape index (κ2) is 11.2. The van der Waals surface area contributed by atoms with E-state index in [-0.39, 0.29) is 18.3 Å². The lowest BCUT2D eigenvalue weighted by atomic mass is 10.0. The van der Waals surface area contributed by atoms with Gasteiger partial charge in [0.15, 0.2) is 5.76 Å². The van der Waals surface area contributed by atoms with Gasteiger partial charge in [-0.15, -0.1) is 10.2 Å². The number of nitrogens with one attached hydrogen (secondary N) is 1. The van der Waals surface area contributed by atoms with E-state index < -0.39 is 17.5 Å². The third kappa shape index (κ3) is 6.41. The van der Waals surface area contributed by atoms with Crippen molar-refractivity contribution in [3.8, 4) is 23.1 Å². The number of aromatic nitrogens is 4. The molecule has 1 N–H and O–H groups in total. The normalized spacial score (nSPS) is 12.2. The van der Waals surface area contributed by atoms with Crippen molar-refractivity contribution in [3.63, 3.8) is 0 Å². The Balaban J connectivity index is 2.01. The molecule has 3 rings (SSSR count). The van der Waals surface area contributed by atoms with Gasteiger partial charge in [-0.1, -0.05) is 13.3 Å². The average Bonchev–Trinajstić information content (AvgIpc) is 3.46. The minimum absolute atomic E-state index is 0.245. The lowest BCUT2D eigenvalue weighted by Gasteiger charge is -2.34. The lowest BCUT2D eigenvalue weighted by molar-refractivity contribution is -0.128. The van der Waals surface area contributed by atoms with E-state index in [0.29, 0.717) is 41.5 Å². The van der Waals surface area contributed by atoms with Gasteiger partial charge in [0.2, 0.25) is 11.7 Å². The van der Waals surface area contributed by atoms with E-state index in [2.05, 4.69) is 20.7 Å². The van der Waals surface area contributed by atoms with Crippen molar-refractivity contribution in [2.75, 3.05) is 19.1 Å². The van der Waals surface area contributed by atoms with E-state index in [0.717, 1.165) is 0 Å². The molecule has 0 bridgehead atoms. The van der Waals surface area contributed by atoms with Crippen LogP contribution < -0.4 is 19.7 Å². The number of aryl methyl sites for hydroxylation is 1. The highest BCUT2D eigenvalue weighted by Gasteiger charge is 2.34. The zero-order valence-electron chi connectivity index (χ0n) is 21.9. The zero-order valence-corrected chi connectivity index (χ0v) is 21.9. The molecule has 3 aromatic rings. The van der Waals surface area contributed by atoms with Crippen LogP contribution in [0.2, 0.25) is 0 Å². The highest BCUT2D eigenvalue weighted by atomic mass is 16.5. The first-order valence-corrected chi connectivity index (χ1v) is 11.8. The van der Waals surface area contributed by atoms with Crippen molar-refractivity contribution in [1.29, 1.82) is 0 Å². The topological polar surface area (TPSA) is 125 Å². The van der Waals surface area contributed by atoms with Crippen LogP contribution >= 0.6 is 0 Å². The van der Waals surface area contributed by atoms with Gasteiger partial charge in [0.1, 0.15) is 29.8 Å². The number of ether oxygens (including phenoxy) is 2. The maximum atomic E-state index is 13.8. The number of furan rings is 1. The highest BCUT2D eigenvalue weighted by molar-refractivity contribution is 6.02. The molecule has 0 fully saturated rings. The lowest BCUT2D eigenvalue weighted by Crippen LogP contribution is -2.54. The Kier molecular flexibility index (Phi) is 8.33. The third-order valence-corrected chi connectivity index (χ3v) is 5.28. The van der Waals surface area contributed by atoms with Crippen molar-refractivity contribution >= 4 is 17.5 Å². The smallest absolute Gasteiger partial charge is 0.251 e. The third-order valence-electron chi connectivity index (χ3n) is 5.28. The van der Waals surface area contributed by atoms with Gasteiger partial charge < -0.3 is 19.2 Å². The molecule has 2 aromatic heterocycles. The molecule has 0 saturated carbocycles. The number of anilines is 1. The van der Waals surface area contributed by atoms with Crippen molar-refractivity contribution in [1.82, 2.24) is 25.5 Å². The molecule has 1 aromatic carbocycles. The van der Waals surface area contributed by atoms with Crippen molar-refractivity contribution in [3.05, 3.63) is 36.1 Å². The van der Waals surface area contributed by atoms with Gasteiger partial charge in [-0.3, -0.25) is 14.5 Å². The average molecular weight is 499 g/mol. The molecule has 11 heteroatoms. The first-order valence-electron chi connectivity index (χ1n) is 11.8. The van der Waals surface area contributed by atoms with Crippen molar-refractivity contribution < 1.29 is 23.5 Å². The molecule has 0 saturated heterocycles. The minimum Gasteiger partial charge on any atom is -0.497 e. The summed E-state index contributed by atoms with van der Waals surface area (Å²) in [5.74, 6) is 1.71. The SMILES string of the molecule is CCC[C@@H](C(=O)NC(C)(C)C)N(C(=O)Cn1nnc(-c2ccc(C)o2)n1)c1ccc(OC)cc1OC. The Bertz CT molecular complexity index is 1200. The molecular weight excluding hydrogens is 464 g/mol. The first kappa shape index (κ1) is 26.7. The Morgan fingerprint density at radius 1 is 1.17 bits per heavy atom. The number of amides is 2. The number of carbonyl (C=O) groups is 2. The molecule has 2 heterocycles. The minimum atomic E-state index is -0.792. The summed E-state index contributed by atoms with van der Waals surface area (Å²) < 4.78 is 16.4. The molecule has 11 nitrogen and oxygen atoms in total. The van der Waals surface area contributed by atoms with Crippen molar-refractivity contribution in [2.45, 2.75) is 65.6 Å². The fourth-order valence-corrected chi connectivity index (χ4v) is 3.72. The Morgan fingerprint density at radius 3 is 2.50 bits per heavy atom. The van der Waals surface area contributed by atoms with E-state index in [1.165, 1.54) is 16.8 Å². The fraction of sp³-hybridized carbons (Fsp3) is 0.480. The summed E-state index contributed by atoms with van der Waals surface area (Å²) in [5, 5.41) is 15.3. The maximum absolute atomic E-state index is 13.8. The molecule has 0 aliphatic heterocycles. The number of tetrazole rings is 1. The summed E-state index contributed by atoms with van der Waals surface area (Å²) in [6.07, 6.45) is 1.11. The molecule has 0 spiro atoms. The summed E-state index contributed by atoms with van der Waals surface area (Å²) in [6, 6.07) is 7.83. The number of methoxy groups -OCH3 is 2. The van der Waals surface area contributed by atoms with Crippen molar-refractivity contribution in [2.24, 2.45) is 0 Å². The standard InChI is InChI=1S/C25H34N6O5/c1-8-9-19(24(33)26-25(3,4)5)31(18-12-11-17(34-6)14-21(18)35-7)22(32)15-30-28-23(27-29-30)20-13-10-16(2)36-20/h10-14,19H,8-9,15H2,1-7H3,(H,26,33)/t19-/m0/s1. The molecule has 0 unspecified atom stereocenters. The maximum Gasteiger partial charge on any atom is 0.251 e. The first-order chi connectivity index (χ1) is 17.1. The van der Waals surface area contributed by atoms with E-state index in [9.17, 15) is 9.59 Å². The molecule has 36 heavy (non-hydrogen) atoms. The number of hydrogen-bond donors (Lipinski definition) is 1. The van der Waals surface area contributed by atoms with Gasteiger partial charge in [-0.2, -0.15) is 4.80 Å². The fourth-order valence-electron chi connectivity index (χ4n) is 3.72. The van der Waals surface area contributed by atoms with Gasteiger partial charge in [0, 0.05) is 11.6 Å². The van der Waals surface area contributed by atoms with Crippen LogP contribution in [0, 0.1) is 6.92 Å². The predicted molar refractivity (Wildman–Crippen MR) is 134 cm³/mol. The van der Waals surface area contributed by atoms with Gasteiger partial charge in [-0.25, -0.2) is 0 Å². The Labute approximate surface area is 210 Å². The molecular formula is C25H34N6O5. The molecule has 0 radical (unpaired) electrons. The number of benzene rings is 1. The van der Waals surface area contributed by atoms with Gasteiger partial charge >= 0.3 is 0 Å². The summed E-state index contributed by atoms with van der Waals surface area (Å²) in [7, 11) is 3.05. The van der Waals surface area contributed by atoms with Crippen LogP contribution in [0.15, 0.2) is 34.7 Å². The quantitative estimate of drug-likeness (QED) is 0.451. The molecule has 1 atom stereocenters. The van der Waals surface area contributed by atoms with Crippen LogP contribution in [-0.2, 0) is 16.1 Å². The molecule has 194 valence electrons. The highest BCUT2D eigenvalue weighted by Crippen LogP contribution is 2.34. The zero-order chi connectivity index (χ0) is 26.5. The Hall–Kier alpha value is -3.89. The second-order valence-electron chi connectivity index (χ2n) is 9.40. The number of rotatable bonds is 10. The monoisotopic (exact) mass is 498 g/mol. The van der Waals surface area contributed by atoms with Gasteiger partial charge in [-0.05, 0) is 63.6 Å². The van der Waals surface area contributed by atoms with E-state index in [4.69, 9.17) is 13.9 Å². The molecule has 0 aliphatic rings. The van der Waals surface area contributed by atoms with E-state index in [1.807, 2.05) is 34.6 Å². The summed E-state index contributed by atoms with van der Waals surface area (Å²) in [4.78, 5) is 29.8. The Morgan fingerprint density at radius 2 is 1.92 bits per heavy atom. The molecule has 2 amide bonds. The van der Waals surface area contributed by atoms with Gasteiger partial charge in [0.05, 0.1) is 19.9 Å². The van der Waals surface area contributed by atoms with Crippen LogP contribution in [-0.4, -0.2) is 57.8 Å². The van der Waals surface area contributed by atoms with Crippen LogP contribution in [0.4, 0.5) is 5.69 Å². The number of hydrogen-bond acceptors (Lipinski definition) is 8. The summed E-state index contributed by atoms with van der Waals surface area (Å²) in [6.45, 7) is 9.21. The van der Waals surface area contributed by atoms with E-state index in [1.54, 1.807) is 37.4 Å². The van der Waals surface area contributed by atoms with Gasteiger partial charge in [0.25, 0.3) is 5.91 Å². The largest absolute Gasteiger partial charge is 0.497 e. The second-order valence-corrected chi connectivity index (χ2v) is 9.40. The van der Waals surface area contributed by atoms with E-state index >= 15 is 0 Å². The van der Waals surface area contributed by atoms with Crippen LogP contribution in [0.3, 0.4) is 0 Å². The summed E-state index contributed by atoms with van der Waals surface area (Å²) in [5.41, 5.74) is -0.0430. The predicted octanol–water partition coefficient (Wildman–Crippen LogP) is 3.38. The van der Waals surface area contributed by atoms with Crippen LogP contribution in [0.25, 0.3) is 11.6 Å². The number of nitrogens with zero attached hydrogens (tertiary/aromatic N) is 5. The molecule has 0 aliphatic carbocycles. The summed E-state index contributed by atoms with van der Waals surface area (Å²) >= 11 is 0. The number of carbonyl (C=O) groups excluding carboxylic acids is 2. The van der Waals surface area contributed by atoms with Crippen LogP contribution in [0.1, 0.15) is 46.3 Å². The van der Waals surface area contributed by atoms with Crippen LogP contribution in [0.5, 0.6) is 11.5 Å².